The second-order valence-electron chi connectivity index (χ2n) is 5.53. The van der Waals surface area contributed by atoms with Gasteiger partial charge in [0.1, 0.15) is 5.75 Å². The third-order valence-corrected chi connectivity index (χ3v) is 5.47. The van der Waals surface area contributed by atoms with Crippen LogP contribution >= 0.6 is 34.7 Å². The van der Waals surface area contributed by atoms with Gasteiger partial charge in [-0.15, -0.1) is 10.2 Å². The normalized spacial score (nSPS) is 10.8. The summed E-state index contributed by atoms with van der Waals surface area (Å²) in [4.78, 5) is 11.9. The van der Waals surface area contributed by atoms with Gasteiger partial charge in [0.15, 0.2) is 4.34 Å². The van der Waals surface area contributed by atoms with Crippen LogP contribution in [0.3, 0.4) is 0 Å². The third kappa shape index (κ3) is 7.07. The number of rotatable bonds is 9. The molecule has 0 unspecified atom stereocenters. The molecule has 1 N–H and O–H groups in total. The van der Waals surface area contributed by atoms with Gasteiger partial charge in [0.25, 0.3) is 0 Å². The zero-order valence-corrected chi connectivity index (χ0v) is 16.0. The average Bonchev–Trinajstić information content (AvgIpc) is 2.99. The number of amides is 1. The molecule has 0 aliphatic heterocycles. The molecule has 0 spiro atoms. The monoisotopic (exact) mass is 385 g/mol. The van der Waals surface area contributed by atoms with Crippen molar-refractivity contribution in [3.8, 4) is 5.75 Å². The highest BCUT2D eigenvalue weighted by Gasteiger charge is 2.09. The van der Waals surface area contributed by atoms with Crippen LogP contribution in [0.1, 0.15) is 26.7 Å². The predicted molar refractivity (Wildman–Crippen MR) is 100 cm³/mol. The number of aromatic nitrogens is 2. The number of nitrogens with one attached hydrogen (secondary N) is 1. The largest absolute Gasteiger partial charge is 0.494 e. The molecular formula is C16H20ClN3O2S2. The molecule has 5 nitrogen and oxygen atoms in total. The Kier molecular flexibility index (Phi) is 7.81. The number of hydrogen-bond donors (Lipinski definition) is 1. The lowest BCUT2D eigenvalue weighted by atomic mass is 10.3. The maximum atomic E-state index is 11.9. The number of carbonyl (C=O) groups excluding carboxylic acids is 1. The molecule has 130 valence electrons. The lowest BCUT2D eigenvalue weighted by Crippen LogP contribution is -2.12. The van der Waals surface area contributed by atoms with Crippen molar-refractivity contribution in [1.29, 1.82) is 0 Å². The summed E-state index contributed by atoms with van der Waals surface area (Å²) in [6.45, 7) is 4.78. The summed E-state index contributed by atoms with van der Waals surface area (Å²) in [5, 5.41) is 12.0. The molecule has 0 radical (unpaired) electrons. The number of carbonyl (C=O) groups is 1. The standard InChI is InChI=1S/C16H20ClN3O2S2/c1-11(2)10-23-16-20-19-15(24-16)18-14(21)4-3-9-22-13-7-5-12(17)6-8-13/h5-8,11H,3-4,9-10H2,1-2H3,(H,18,19,21). The van der Waals surface area contributed by atoms with E-state index >= 15 is 0 Å². The van der Waals surface area contributed by atoms with Crippen molar-refractivity contribution >= 4 is 45.7 Å². The highest BCUT2D eigenvalue weighted by Crippen LogP contribution is 2.27. The van der Waals surface area contributed by atoms with Gasteiger partial charge in [-0.05, 0) is 36.6 Å². The second-order valence-corrected chi connectivity index (χ2v) is 8.21. The summed E-state index contributed by atoms with van der Waals surface area (Å²) in [5.74, 6) is 2.25. The molecule has 8 heteroatoms. The minimum Gasteiger partial charge on any atom is -0.494 e. The predicted octanol–water partition coefficient (Wildman–Crippen LogP) is 4.74. The van der Waals surface area contributed by atoms with Crippen LogP contribution in [0.25, 0.3) is 0 Å². The Balaban J connectivity index is 1.65. The van der Waals surface area contributed by atoms with Crippen molar-refractivity contribution in [1.82, 2.24) is 10.2 Å². The van der Waals surface area contributed by atoms with E-state index in [1.54, 1.807) is 36.0 Å². The molecule has 0 fully saturated rings. The van der Waals surface area contributed by atoms with Gasteiger partial charge in [-0.3, -0.25) is 4.79 Å². The summed E-state index contributed by atoms with van der Waals surface area (Å²) in [6, 6.07) is 7.15. The summed E-state index contributed by atoms with van der Waals surface area (Å²) >= 11 is 8.87. The highest BCUT2D eigenvalue weighted by atomic mass is 35.5. The second kappa shape index (κ2) is 9.86. The maximum absolute atomic E-state index is 11.9. The van der Waals surface area contributed by atoms with Crippen LogP contribution < -0.4 is 10.1 Å². The molecule has 2 rings (SSSR count). The average molecular weight is 386 g/mol. The fourth-order valence-electron chi connectivity index (χ4n) is 1.69. The van der Waals surface area contributed by atoms with Gasteiger partial charge in [0.05, 0.1) is 6.61 Å². The van der Waals surface area contributed by atoms with Gasteiger partial charge >= 0.3 is 0 Å². The third-order valence-electron chi connectivity index (χ3n) is 2.82. The minimum absolute atomic E-state index is 0.0775. The minimum atomic E-state index is -0.0775. The lowest BCUT2D eigenvalue weighted by Gasteiger charge is -2.05. The van der Waals surface area contributed by atoms with Crippen molar-refractivity contribution in [2.75, 3.05) is 17.7 Å². The van der Waals surface area contributed by atoms with E-state index in [-0.39, 0.29) is 5.91 Å². The number of thioether (sulfide) groups is 1. The summed E-state index contributed by atoms with van der Waals surface area (Å²) in [6.07, 6.45) is 1.00. The van der Waals surface area contributed by atoms with Crippen molar-refractivity contribution < 1.29 is 9.53 Å². The fourth-order valence-corrected chi connectivity index (χ4v) is 3.56. The molecule has 0 aliphatic carbocycles. The Morgan fingerprint density at radius 3 is 2.79 bits per heavy atom. The van der Waals surface area contributed by atoms with E-state index in [1.807, 2.05) is 0 Å². The molecule has 0 atom stereocenters. The van der Waals surface area contributed by atoms with Crippen LogP contribution in [0.2, 0.25) is 5.02 Å². The van der Waals surface area contributed by atoms with Crippen LogP contribution in [0.4, 0.5) is 5.13 Å². The van der Waals surface area contributed by atoms with Crippen molar-refractivity contribution in [3.63, 3.8) is 0 Å². The maximum Gasteiger partial charge on any atom is 0.226 e. The molecule has 1 aromatic heterocycles. The number of halogens is 1. The van der Waals surface area contributed by atoms with E-state index in [9.17, 15) is 4.79 Å². The molecular weight excluding hydrogens is 366 g/mol. The van der Waals surface area contributed by atoms with E-state index < -0.39 is 0 Å². The van der Waals surface area contributed by atoms with Crippen LogP contribution in [-0.2, 0) is 4.79 Å². The van der Waals surface area contributed by atoms with Crippen molar-refractivity contribution in [2.45, 2.75) is 31.0 Å². The Morgan fingerprint density at radius 2 is 2.08 bits per heavy atom. The van der Waals surface area contributed by atoms with Crippen LogP contribution in [0.5, 0.6) is 5.75 Å². The molecule has 1 aromatic carbocycles. The molecule has 24 heavy (non-hydrogen) atoms. The van der Waals surface area contributed by atoms with Crippen LogP contribution in [-0.4, -0.2) is 28.5 Å². The van der Waals surface area contributed by atoms with Crippen molar-refractivity contribution in [3.05, 3.63) is 29.3 Å². The SMILES string of the molecule is CC(C)CSc1nnc(NC(=O)CCCOc2ccc(Cl)cc2)s1. The lowest BCUT2D eigenvalue weighted by molar-refractivity contribution is -0.116. The fraction of sp³-hybridized carbons (Fsp3) is 0.438. The number of anilines is 1. The first-order valence-corrected chi connectivity index (χ1v) is 9.85. The van der Waals surface area contributed by atoms with E-state index in [1.165, 1.54) is 11.3 Å². The molecule has 0 aliphatic rings. The van der Waals surface area contributed by atoms with Crippen molar-refractivity contribution in [2.24, 2.45) is 5.92 Å². The van der Waals surface area contributed by atoms with Gasteiger partial charge in [-0.1, -0.05) is 48.5 Å². The Labute approximate surface area is 155 Å². The number of nitrogens with zero attached hydrogens (tertiary/aromatic N) is 2. The first kappa shape index (κ1) is 19.0. The Hall–Kier alpha value is -1.31. The Morgan fingerprint density at radius 1 is 1.33 bits per heavy atom. The molecule has 2 aromatic rings. The highest BCUT2D eigenvalue weighted by molar-refractivity contribution is 8.01. The van der Waals surface area contributed by atoms with E-state index in [0.29, 0.717) is 35.5 Å². The van der Waals surface area contributed by atoms with E-state index in [0.717, 1.165) is 15.8 Å². The summed E-state index contributed by atoms with van der Waals surface area (Å²) in [7, 11) is 0. The first-order chi connectivity index (χ1) is 11.5. The number of hydrogen-bond acceptors (Lipinski definition) is 6. The molecule has 1 amide bonds. The topological polar surface area (TPSA) is 64.1 Å². The van der Waals surface area contributed by atoms with E-state index in [4.69, 9.17) is 16.3 Å². The van der Waals surface area contributed by atoms with Gasteiger partial charge in [0.2, 0.25) is 11.0 Å². The van der Waals surface area contributed by atoms with Gasteiger partial charge in [-0.2, -0.15) is 0 Å². The zero-order valence-electron chi connectivity index (χ0n) is 13.6. The molecule has 0 saturated carbocycles. The van der Waals surface area contributed by atoms with Gasteiger partial charge in [-0.25, -0.2) is 0 Å². The number of ether oxygens (including phenoxy) is 1. The quantitative estimate of drug-likeness (QED) is 0.383. The first-order valence-electron chi connectivity index (χ1n) is 7.67. The van der Waals surface area contributed by atoms with E-state index in [2.05, 4.69) is 29.4 Å². The molecule has 1 heterocycles. The van der Waals surface area contributed by atoms with Crippen LogP contribution in [0.15, 0.2) is 28.6 Å². The molecule has 0 saturated heterocycles. The molecule has 0 bridgehead atoms. The van der Waals surface area contributed by atoms with Crippen LogP contribution in [0, 0.1) is 5.92 Å². The summed E-state index contributed by atoms with van der Waals surface area (Å²) in [5.41, 5.74) is 0. The smallest absolute Gasteiger partial charge is 0.226 e. The van der Waals surface area contributed by atoms with Gasteiger partial charge < -0.3 is 10.1 Å². The zero-order chi connectivity index (χ0) is 17.4. The summed E-state index contributed by atoms with van der Waals surface area (Å²) < 4.78 is 6.43. The Bertz CT molecular complexity index is 647. The van der Waals surface area contributed by atoms with Gasteiger partial charge in [0, 0.05) is 17.2 Å². The number of benzene rings is 1.